The van der Waals surface area contributed by atoms with Crippen molar-refractivity contribution in [1.29, 1.82) is 0 Å². The molecule has 18 nitrogen and oxygen atoms in total. The molecule has 0 saturated carbocycles. The first kappa shape index (κ1) is 49.1. The average molecular weight is 816 g/mol. The van der Waals surface area contributed by atoms with Crippen LogP contribution in [0, 0.1) is 17.8 Å². The maximum Gasteiger partial charge on any atom is 0.326 e. The van der Waals surface area contributed by atoms with E-state index in [2.05, 4.69) is 36.9 Å². The number of aromatic nitrogens is 1. The summed E-state index contributed by atoms with van der Waals surface area (Å²) in [6.45, 7) is 11.6. The van der Waals surface area contributed by atoms with E-state index in [1.54, 1.807) is 27.0 Å². The number of aliphatic hydroxyl groups excluding tert-OH is 1. The molecule has 2 rings (SSSR count). The van der Waals surface area contributed by atoms with Crippen molar-refractivity contribution in [2.75, 3.05) is 13.1 Å². The first-order valence-corrected chi connectivity index (χ1v) is 20.0. The van der Waals surface area contributed by atoms with Crippen LogP contribution in [0.25, 0.3) is 10.9 Å². The van der Waals surface area contributed by atoms with Gasteiger partial charge in [0.1, 0.15) is 30.2 Å². The van der Waals surface area contributed by atoms with E-state index in [-0.39, 0.29) is 18.8 Å². The number of carboxylic acids is 1. The number of para-hydroxylation sites is 1. The molecular weight excluding hydrogens is 750 g/mol. The predicted octanol–water partition coefficient (Wildman–Crippen LogP) is -0.0795. The Morgan fingerprint density at radius 3 is 1.97 bits per heavy atom. The normalized spacial score (nSPS) is 15.6. The number of aliphatic hydroxyl groups is 1. The molecule has 2 aromatic rings. The Hall–Kier alpha value is -5.07. The Balaban J connectivity index is 2.21. The van der Waals surface area contributed by atoms with Gasteiger partial charge in [0.2, 0.25) is 35.4 Å². The number of unbranched alkanes of at least 4 members (excludes halogenated alkanes) is 1. The second-order valence-electron chi connectivity index (χ2n) is 15.7. The smallest absolute Gasteiger partial charge is 0.326 e. The van der Waals surface area contributed by atoms with Crippen LogP contribution in [0.3, 0.4) is 0 Å². The van der Waals surface area contributed by atoms with E-state index in [4.69, 9.17) is 11.5 Å². The molecule has 0 aliphatic heterocycles. The van der Waals surface area contributed by atoms with Crippen LogP contribution in [0.4, 0.5) is 0 Å². The van der Waals surface area contributed by atoms with E-state index >= 15 is 0 Å². The zero-order valence-corrected chi connectivity index (χ0v) is 34.7. The zero-order chi connectivity index (χ0) is 43.7. The summed E-state index contributed by atoms with van der Waals surface area (Å²) in [5.41, 5.74) is 13.0. The quantitative estimate of drug-likeness (QED) is 0.0590. The number of nitrogens with two attached hydrogens (primary N) is 2. The van der Waals surface area contributed by atoms with Crippen LogP contribution in [-0.2, 0) is 40.0 Å². The number of hydrogen-bond donors (Lipinski definition) is 11. The standard InChI is InChI=1S/C40H65N9O9/c1-8-23(6)33(38(55)46-30(37(54)48-32(22(4)5)40(57)58)18-25-19-43-28-15-10-9-13-26(25)28)47-31(51)20-44-36(53)29(17-21(2)3)45-39(56)34(24(7)50)49-35(52)27(42)14-11-12-16-41/h9-10,13,15,19,21-24,27,29-30,32-34,43,50H,8,11-12,14,16-18,20,41-42H2,1-7H3,(H,44,53)(H,45,56)(H,46,55)(H,47,51)(H,48,54)(H,49,52)(H,57,58)/t23-,24+,27-,29-,30-,32-,33-,34-/m0/s1. The molecule has 18 heteroatoms. The van der Waals surface area contributed by atoms with Gasteiger partial charge >= 0.3 is 5.97 Å². The minimum Gasteiger partial charge on any atom is -0.480 e. The predicted molar refractivity (Wildman–Crippen MR) is 219 cm³/mol. The van der Waals surface area contributed by atoms with Crippen LogP contribution >= 0.6 is 0 Å². The van der Waals surface area contributed by atoms with Crippen molar-refractivity contribution in [3.63, 3.8) is 0 Å². The number of H-pyrrole nitrogens is 1. The van der Waals surface area contributed by atoms with Crippen LogP contribution in [-0.4, -0.2) is 112 Å². The van der Waals surface area contributed by atoms with Crippen LogP contribution in [0.15, 0.2) is 30.5 Å². The highest BCUT2D eigenvalue weighted by Crippen LogP contribution is 2.20. The lowest BCUT2D eigenvalue weighted by Gasteiger charge is -2.28. The van der Waals surface area contributed by atoms with Gasteiger partial charge in [0.25, 0.3) is 0 Å². The highest BCUT2D eigenvalue weighted by atomic mass is 16.4. The summed E-state index contributed by atoms with van der Waals surface area (Å²) in [5, 5.41) is 36.3. The molecule has 13 N–H and O–H groups in total. The molecule has 0 saturated heterocycles. The van der Waals surface area contributed by atoms with E-state index in [0.717, 1.165) is 10.9 Å². The number of rotatable bonds is 25. The minimum atomic E-state index is -1.42. The fourth-order valence-electron chi connectivity index (χ4n) is 6.25. The summed E-state index contributed by atoms with van der Waals surface area (Å²) in [6, 6.07) is 0.261. The fourth-order valence-corrected chi connectivity index (χ4v) is 6.25. The number of carbonyl (C=O) groups excluding carboxylic acids is 6. The van der Waals surface area contributed by atoms with Gasteiger partial charge in [-0.05, 0) is 62.1 Å². The summed E-state index contributed by atoms with van der Waals surface area (Å²) < 4.78 is 0. The fraction of sp³-hybridized carbons (Fsp3) is 0.625. The van der Waals surface area contributed by atoms with Crippen molar-refractivity contribution in [2.45, 2.75) is 129 Å². The number of carboxylic acid groups (broad SMARTS) is 1. The number of benzene rings is 1. The SMILES string of the molecule is CC[C@H](C)[C@H](NC(=O)CNC(=O)[C@H](CC(C)C)NC(=O)[C@@H](NC(=O)[C@@H](N)CCCCN)[C@@H](C)O)C(=O)N[C@@H](Cc1c[nH]c2ccccc12)C(=O)N[C@H](C(=O)O)C(C)C. The molecule has 6 amide bonds. The second-order valence-corrected chi connectivity index (χ2v) is 15.7. The summed E-state index contributed by atoms with van der Waals surface area (Å²) >= 11 is 0. The van der Waals surface area contributed by atoms with Gasteiger partial charge in [0, 0.05) is 23.5 Å². The summed E-state index contributed by atoms with van der Waals surface area (Å²) in [6.07, 6.45) is 2.56. The molecule has 0 aliphatic carbocycles. The van der Waals surface area contributed by atoms with Gasteiger partial charge in [-0.25, -0.2) is 4.79 Å². The van der Waals surface area contributed by atoms with Crippen molar-refractivity contribution in [3.8, 4) is 0 Å². The summed E-state index contributed by atoms with van der Waals surface area (Å²) in [5.74, 6) is -6.56. The lowest BCUT2D eigenvalue weighted by atomic mass is 9.96. The third-order valence-corrected chi connectivity index (χ3v) is 9.91. The number of aromatic amines is 1. The molecule has 0 fully saturated rings. The third-order valence-electron chi connectivity index (χ3n) is 9.91. The average Bonchev–Trinajstić information content (AvgIpc) is 3.57. The molecule has 1 aromatic heterocycles. The third kappa shape index (κ3) is 15.4. The van der Waals surface area contributed by atoms with Crippen LogP contribution in [0.2, 0.25) is 0 Å². The number of carbonyl (C=O) groups is 7. The molecular formula is C40H65N9O9. The Morgan fingerprint density at radius 2 is 1.38 bits per heavy atom. The molecule has 0 spiro atoms. The summed E-state index contributed by atoms with van der Waals surface area (Å²) in [4.78, 5) is 95.3. The topological polar surface area (TPSA) is 300 Å². The number of aliphatic carboxylic acids is 1. The molecule has 1 aromatic carbocycles. The highest BCUT2D eigenvalue weighted by Gasteiger charge is 2.34. The second kappa shape index (κ2) is 24.0. The van der Waals surface area contributed by atoms with E-state index in [1.165, 1.54) is 6.92 Å². The molecule has 0 radical (unpaired) electrons. The van der Waals surface area contributed by atoms with E-state index < -0.39 is 102 Å². The van der Waals surface area contributed by atoms with Gasteiger partial charge in [0.15, 0.2) is 0 Å². The maximum absolute atomic E-state index is 13.9. The van der Waals surface area contributed by atoms with E-state index in [0.29, 0.717) is 37.8 Å². The number of fused-ring (bicyclic) bond motifs is 1. The molecule has 0 bridgehead atoms. The Morgan fingerprint density at radius 1 is 0.759 bits per heavy atom. The first-order chi connectivity index (χ1) is 27.3. The van der Waals surface area contributed by atoms with Gasteiger partial charge in [-0.3, -0.25) is 28.8 Å². The van der Waals surface area contributed by atoms with E-state index in [1.807, 2.05) is 45.0 Å². The summed E-state index contributed by atoms with van der Waals surface area (Å²) in [7, 11) is 0. The largest absolute Gasteiger partial charge is 0.480 e. The zero-order valence-electron chi connectivity index (χ0n) is 34.7. The van der Waals surface area contributed by atoms with Gasteiger partial charge in [-0.2, -0.15) is 0 Å². The van der Waals surface area contributed by atoms with Crippen molar-refractivity contribution in [3.05, 3.63) is 36.0 Å². The lowest BCUT2D eigenvalue weighted by molar-refractivity contribution is -0.143. The lowest BCUT2D eigenvalue weighted by Crippen LogP contribution is -2.60. The molecule has 8 atom stereocenters. The Bertz CT molecular complexity index is 1700. The van der Waals surface area contributed by atoms with Gasteiger partial charge < -0.3 is 58.6 Å². The monoisotopic (exact) mass is 815 g/mol. The van der Waals surface area contributed by atoms with Crippen LogP contribution in [0.1, 0.15) is 86.1 Å². The first-order valence-electron chi connectivity index (χ1n) is 20.0. The highest BCUT2D eigenvalue weighted by molar-refractivity contribution is 5.96. The molecule has 58 heavy (non-hydrogen) atoms. The molecule has 1 heterocycles. The van der Waals surface area contributed by atoms with Crippen LogP contribution < -0.4 is 43.4 Å². The number of nitrogens with one attached hydrogen (secondary N) is 7. The number of amides is 6. The number of hydrogen-bond acceptors (Lipinski definition) is 10. The van der Waals surface area contributed by atoms with Crippen LogP contribution in [0.5, 0.6) is 0 Å². The maximum atomic E-state index is 13.9. The minimum absolute atomic E-state index is 0.00735. The molecule has 0 aliphatic rings. The molecule has 0 unspecified atom stereocenters. The van der Waals surface area contributed by atoms with Crippen molar-refractivity contribution >= 4 is 52.3 Å². The molecule has 324 valence electrons. The van der Waals surface area contributed by atoms with Gasteiger partial charge in [-0.15, -0.1) is 0 Å². The van der Waals surface area contributed by atoms with E-state index in [9.17, 15) is 43.8 Å². The van der Waals surface area contributed by atoms with Gasteiger partial charge in [0.05, 0.1) is 18.7 Å². The Labute approximate surface area is 340 Å². The van der Waals surface area contributed by atoms with Crippen molar-refractivity contribution < 1.29 is 43.8 Å². The van der Waals surface area contributed by atoms with Crippen molar-refractivity contribution in [2.24, 2.45) is 29.2 Å². The van der Waals surface area contributed by atoms with Crippen molar-refractivity contribution in [1.82, 2.24) is 36.9 Å². The van der Waals surface area contributed by atoms with Gasteiger partial charge in [-0.1, -0.05) is 72.6 Å². The Kier molecular flexibility index (Phi) is 20.3.